The molecule has 0 unspecified atom stereocenters. The predicted molar refractivity (Wildman–Crippen MR) is 78.1 cm³/mol. The van der Waals surface area contributed by atoms with E-state index in [1.807, 2.05) is 6.07 Å². The number of rotatable bonds is 6. The van der Waals surface area contributed by atoms with Gasteiger partial charge in [0.2, 0.25) is 0 Å². The van der Waals surface area contributed by atoms with E-state index >= 15 is 0 Å². The van der Waals surface area contributed by atoms with Crippen molar-refractivity contribution in [2.24, 2.45) is 5.73 Å². The second-order valence-corrected chi connectivity index (χ2v) is 5.12. The van der Waals surface area contributed by atoms with Gasteiger partial charge in [-0.15, -0.1) is 11.3 Å². The van der Waals surface area contributed by atoms with E-state index < -0.39 is 0 Å². The van der Waals surface area contributed by atoms with Gasteiger partial charge in [-0.25, -0.2) is 0 Å². The Hall–Kier alpha value is -1.35. The lowest BCUT2D eigenvalue weighted by Crippen LogP contribution is -2.33. The van der Waals surface area contributed by atoms with Crippen LogP contribution in [0, 0.1) is 11.8 Å². The van der Waals surface area contributed by atoms with Crippen molar-refractivity contribution in [2.75, 3.05) is 26.2 Å². The van der Waals surface area contributed by atoms with Crippen LogP contribution in [-0.4, -0.2) is 42.2 Å². The van der Waals surface area contributed by atoms with E-state index in [0.717, 1.165) is 17.7 Å². The van der Waals surface area contributed by atoms with Gasteiger partial charge in [0.05, 0.1) is 22.9 Å². The normalized spacial score (nSPS) is 9.84. The number of amides is 1. The van der Waals surface area contributed by atoms with Gasteiger partial charge in [-0.1, -0.05) is 25.2 Å². The molecule has 0 aliphatic rings. The van der Waals surface area contributed by atoms with Crippen molar-refractivity contribution in [1.82, 2.24) is 4.90 Å². The van der Waals surface area contributed by atoms with Gasteiger partial charge in [0.1, 0.15) is 0 Å². The summed E-state index contributed by atoms with van der Waals surface area (Å²) in [5, 5.41) is 9.03. The summed E-state index contributed by atoms with van der Waals surface area (Å²) in [6, 6.07) is 3.61. The molecule has 1 aromatic rings. The average molecular weight is 280 g/mol. The van der Waals surface area contributed by atoms with Crippen molar-refractivity contribution in [2.45, 2.75) is 19.8 Å². The van der Waals surface area contributed by atoms with Crippen molar-refractivity contribution in [1.29, 1.82) is 0 Å². The van der Waals surface area contributed by atoms with Crippen LogP contribution in [0.1, 0.15) is 34.3 Å². The van der Waals surface area contributed by atoms with Crippen LogP contribution in [0.15, 0.2) is 12.1 Å². The van der Waals surface area contributed by atoms with Gasteiger partial charge >= 0.3 is 0 Å². The quantitative estimate of drug-likeness (QED) is 0.772. The van der Waals surface area contributed by atoms with Crippen molar-refractivity contribution in [3.8, 4) is 11.8 Å². The number of thiophene rings is 1. The number of nitrogens with two attached hydrogens (primary N) is 1. The Morgan fingerprint density at radius 1 is 1.47 bits per heavy atom. The van der Waals surface area contributed by atoms with E-state index in [0.29, 0.717) is 24.5 Å². The zero-order valence-electron chi connectivity index (χ0n) is 11.2. The van der Waals surface area contributed by atoms with Gasteiger partial charge in [0.15, 0.2) is 0 Å². The zero-order chi connectivity index (χ0) is 14.1. The van der Waals surface area contributed by atoms with Gasteiger partial charge in [0.25, 0.3) is 5.91 Å². The van der Waals surface area contributed by atoms with E-state index in [9.17, 15) is 4.79 Å². The minimum Gasteiger partial charge on any atom is -0.395 e. The number of hydrogen-bond donors (Lipinski definition) is 2. The zero-order valence-corrected chi connectivity index (χ0v) is 12.0. The first-order valence-electron chi connectivity index (χ1n) is 6.41. The highest BCUT2D eigenvalue weighted by Gasteiger charge is 2.16. The maximum atomic E-state index is 12.3. The topological polar surface area (TPSA) is 66.6 Å². The molecule has 0 aromatic carbocycles. The fourth-order valence-electron chi connectivity index (χ4n) is 1.60. The Morgan fingerprint density at radius 3 is 2.89 bits per heavy atom. The molecule has 0 saturated heterocycles. The summed E-state index contributed by atoms with van der Waals surface area (Å²) in [5.41, 5.74) is 5.31. The summed E-state index contributed by atoms with van der Waals surface area (Å²) in [5.74, 6) is 5.65. The summed E-state index contributed by atoms with van der Waals surface area (Å²) in [4.78, 5) is 15.5. The molecule has 1 heterocycles. The minimum atomic E-state index is -0.0340. The van der Waals surface area contributed by atoms with Crippen LogP contribution in [0.5, 0.6) is 0 Å². The highest BCUT2D eigenvalue weighted by atomic mass is 32.1. The Labute approximate surface area is 118 Å². The van der Waals surface area contributed by atoms with Gasteiger partial charge in [-0.3, -0.25) is 4.79 Å². The smallest absolute Gasteiger partial charge is 0.264 e. The highest BCUT2D eigenvalue weighted by Crippen LogP contribution is 2.17. The van der Waals surface area contributed by atoms with E-state index in [1.54, 1.807) is 11.0 Å². The molecule has 1 amide bonds. The van der Waals surface area contributed by atoms with E-state index in [2.05, 4.69) is 18.8 Å². The molecule has 1 rings (SSSR count). The minimum absolute atomic E-state index is 0.0132. The molecule has 19 heavy (non-hydrogen) atoms. The van der Waals surface area contributed by atoms with Crippen LogP contribution >= 0.6 is 11.3 Å². The van der Waals surface area contributed by atoms with Crippen molar-refractivity contribution in [3.63, 3.8) is 0 Å². The van der Waals surface area contributed by atoms with Crippen LogP contribution in [0.25, 0.3) is 0 Å². The molecular weight excluding hydrogens is 260 g/mol. The second kappa shape index (κ2) is 8.70. The molecule has 0 spiro atoms. The predicted octanol–water partition coefficient (Wildman–Crippen LogP) is 1.29. The number of carbonyl (C=O) groups excluding carboxylic acids is 1. The molecule has 3 N–H and O–H groups in total. The third-order valence-corrected chi connectivity index (χ3v) is 3.56. The molecule has 0 saturated carbocycles. The molecule has 0 fully saturated rings. The van der Waals surface area contributed by atoms with Crippen molar-refractivity contribution in [3.05, 3.63) is 21.9 Å². The van der Waals surface area contributed by atoms with Crippen LogP contribution < -0.4 is 5.73 Å². The first kappa shape index (κ1) is 15.7. The number of hydrogen-bond acceptors (Lipinski definition) is 4. The maximum absolute atomic E-state index is 12.3. The fraction of sp³-hybridized carbons (Fsp3) is 0.500. The van der Waals surface area contributed by atoms with E-state index in [-0.39, 0.29) is 12.5 Å². The molecule has 0 aliphatic carbocycles. The van der Waals surface area contributed by atoms with Crippen LogP contribution in [0.4, 0.5) is 0 Å². The lowest BCUT2D eigenvalue weighted by Gasteiger charge is -2.20. The lowest BCUT2D eigenvalue weighted by atomic mass is 10.3. The summed E-state index contributed by atoms with van der Waals surface area (Å²) in [7, 11) is 0. The van der Waals surface area contributed by atoms with Gasteiger partial charge < -0.3 is 15.7 Å². The molecule has 0 bridgehead atoms. The van der Waals surface area contributed by atoms with E-state index in [1.165, 1.54) is 11.3 Å². The van der Waals surface area contributed by atoms with Crippen LogP contribution in [-0.2, 0) is 0 Å². The number of aliphatic hydroxyl groups is 1. The van der Waals surface area contributed by atoms with Crippen LogP contribution in [0.2, 0.25) is 0 Å². The van der Waals surface area contributed by atoms with Crippen LogP contribution in [0.3, 0.4) is 0 Å². The maximum Gasteiger partial charge on any atom is 0.264 e. The number of nitrogens with zero attached hydrogens (tertiary/aromatic N) is 1. The summed E-state index contributed by atoms with van der Waals surface area (Å²) < 4.78 is 0. The largest absolute Gasteiger partial charge is 0.395 e. The first-order chi connectivity index (χ1) is 9.22. The number of carbonyl (C=O) groups is 1. The third-order valence-electron chi connectivity index (χ3n) is 2.57. The molecule has 1 aromatic heterocycles. The molecule has 0 aliphatic heterocycles. The third kappa shape index (κ3) is 5.03. The van der Waals surface area contributed by atoms with E-state index in [4.69, 9.17) is 10.8 Å². The molecule has 0 atom stereocenters. The molecule has 4 nitrogen and oxygen atoms in total. The Balaban J connectivity index is 2.75. The SMILES string of the molecule is CCCCN(CCO)C(=O)c1ccc(C#CCN)s1. The van der Waals surface area contributed by atoms with Gasteiger partial charge in [-0.2, -0.15) is 0 Å². The first-order valence-corrected chi connectivity index (χ1v) is 7.23. The molecule has 0 radical (unpaired) electrons. The molecule has 5 heteroatoms. The summed E-state index contributed by atoms with van der Waals surface area (Å²) >= 11 is 1.37. The van der Waals surface area contributed by atoms with Crippen molar-refractivity contribution >= 4 is 17.2 Å². The van der Waals surface area contributed by atoms with Crippen molar-refractivity contribution < 1.29 is 9.90 Å². The Morgan fingerprint density at radius 2 is 2.26 bits per heavy atom. The second-order valence-electron chi connectivity index (χ2n) is 4.04. The van der Waals surface area contributed by atoms with Gasteiger partial charge in [-0.05, 0) is 18.6 Å². The number of aliphatic hydroxyl groups excluding tert-OH is 1. The Kier molecular flexibility index (Phi) is 7.19. The standard InChI is InChI=1S/C14H20N2O2S/c1-2-3-9-16(10-11-17)14(18)13-7-6-12(19-13)5-4-8-15/h6-7,17H,2-3,8-11,15H2,1H3. The highest BCUT2D eigenvalue weighted by molar-refractivity contribution is 7.14. The molecule has 104 valence electrons. The Bertz CT molecular complexity index is 460. The monoisotopic (exact) mass is 280 g/mol. The average Bonchev–Trinajstić information content (AvgIpc) is 2.89. The molecular formula is C14H20N2O2S. The fourth-order valence-corrected chi connectivity index (χ4v) is 2.45. The number of unbranched alkanes of at least 4 members (excludes halogenated alkanes) is 1. The summed E-state index contributed by atoms with van der Waals surface area (Å²) in [6.07, 6.45) is 1.96. The lowest BCUT2D eigenvalue weighted by molar-refractivity contribution is 0.0724. The summed E-state index contributed by atoms with van der Waals surface area (Å²) in [6.45, 7) is 3.43. The van der Waals surface area contributed by atoms with Gasteiger partial charge in [0, 0.05) is 13.1 Å².